The zero-order valence-corrected chi connectivity index (χ0v) is 11.1. The van der Waals surface area contributed by atoms with Gasteiger partial charge in [0.2, 0.25) is 0 Å². The molecule has 0 aliphatic carbocycles. The lowest BCUT2D eigenvalue weighted by Crippen LogP contribution is -2.04. The monoisotopic (exact) mass is 257 g/mol. The molecular weight excluding hydrogens is 238 g/mol. The number of ether oxygens (including phenoxy) is 2. The number of anilines is 1. The third-order valence-corrected chi connectivity index (χ3v) is 2.79. The van der Waals surface area contributed by atoms with E-state index in [1.165, 1.54) is 5.56 Å². The van der Waals surface area contributed by atoms with Crippen LogP contribution in [-0.4, -0.2) is 13.2 Å². The fourth-order valence-electron chi connectivity index (χ4n) is 1.85. The highest BCUT2D eigenvalue weighted by molar-refractivity contribution is 5.41. The fourth-order valence-corrected chi connectivity index (χ4v) is 1.85. The smallest absolute Gasteiger partial charge is 0.122 e. The minimum Gasteiger partial charge on any atom is -0.494 e. The number of rotatable bonds is 6. The van der Waals surface area contributed by atoms with E-state index in [1.54, 1.807) is 0 Å². The highest BCUT2D eigenvalue weighted by Crippen LogP contribution is 2.19. The summed E-state index contributed by atoms with van der Waals surface area (Å²) in [5.74, 6) is 1.77. The molecule has 2 rings (SSSR count). The van der Waals surface area contributed by atoms with Crippen molar-refractivity contribution < 1.29 is 9.47 Å². The summed E-state index contributed by atoms with van der Waals surface area (Å²) < 4.78 is 11.3. The average molecular weight is 257 g/mol. The van der Waals surface area contributed by atoms with Gasteiger partial charge in [-0.3, -0.25) is 0 Å². The molecule has 0 unspecified atom stereocenters. The van der Waals surface area contributed by atoms with Crippen LogP contribution in [0.5, 0.6) is 11.5 Å². The van der Waals surface area contributed by atoms with E-state index >= 15 is 0 Å². The SMILES string of the molecule is CCOc1ccccc1CCOc1ccc(N)cc1. The van der Waals surface area contributed by atoms with Crippen LogP contribution in [0.1, 0.15) is 12.5 Å². The van der Waals surface area contributed by atoms with Crippen LogP contribution in [0.25, 0.3) is 0 Å². The second-order valence-electron chi connectivity index (χ2n) is 4.21. The number of nitrogen functional groups attached to an aromatic ring is 1. The van der Waals surface area contributed by atoms with Crippen molar-refractivity contribution in [3.63, 3.8) is 0 Å². The molecule has 0 radical (unpaired) electrons. The molecule has 0 spiro atoms. The fraction of sp³-hybridized carbons (Fsp3) is 0.250. The molecule has 0 saturated carbocycles. The minimum atomic E-state index is 0.619. The van der Waals surface area contributed by atoms with E-state index in [1.807, 2.05) is 49.4 Å². The van der Waals surface area contributed by atoms with Crippen LogP contribution in [0.4, 0.5) is 5.69 Å². The van der Waals surface area contributed by atoms with E-state index in [-0.39, 0.29) is 0 Å². The first-order chi connectivity index (χ1) is 9.29. The molecule has 19 heavy (non-hydrogen) atoms. The van der Waals surface area contributed by atoms with E-state index in [9.17, 15) is 0 Å². The second kappa shape index (κ2) is 6.69. The quantitative estimate of drug-likeness (QED) is 0.808. The maximum Gasteiger partial charge on any atom is 0.122 e. The van der Waals surface area contributed by atoms with Crippen molar-refractivity contribution in [2.75, 3.05) is 18.9 Å². The molecule has 3 nitrogen and oxygen atoms in total. The van der Waals surface area contributed by atoms with Crippen molar-refractivity contribution in [1.82, 2.24) is 0 Å². The van der Waals surface area contributed by atoms with Crippen LogP contribution >= 0.6 is 0 Å². The molecule has 0 atom stereocenters. The second-order valence-corrected chi connectivity index (χ2v) is 4.21. The van der Waals surface area contributed by atoms with Crippen LogP contribution in [0, 0.1) is 0 Å². The normalized spacial score (nSPS) is 10.2. The van der Waals surface area contributed by atoms with Crippen LogP contribution < -0.4 is 15.2 Å². The first-order valence-electron chi connectivity index (χ1n) is 6.48. The maximum atomic E-state index is 5.69. The van der Waals surface area contributed by atoms with Crippen LogP contribution in [0.3, 0.4) is 0 Å². The van der Waals surface area contributed by atoms with E-state index in [2.05, 4.69) is 6.07 Å². The molecule has 100 valence electrons. The van der Waals surface area contributed by atoms with E-state index in [0.29, 0.717) is 13.2 Å². The molecule has 0 amide bonds. The van der Waals surface area contributed by atoms with Gasteiger partial charge in [-0.25, -0.2) is 0 Å². The largest absolute Gasteiger partial charge is 0.494 e. The van der Waals surface area contributed by atoms with Crippen molar-refractivity contribution in [3.8, 4) is 11.5 Å². The molecule has 0 aliphatic rings. The lowest BCUT2D eigenvalue weighted by Gasteiger charge is -2.11. The Kier molecular flexibility index (Phi) is 4.67. The number of hydrogen-bond acceptors (Lipinski definition) is 3. The lowest BCUT2D eigenvalue weighted by atomic mass is 10.1. The van der Waals surface area contributed by atoms with Crippen molar-refractivity contribution in [3.05, 3.63) is 54.1 Å². The van der Waals surface area contributed by atoms with E-state index < -0.39 is 0 Å². The van der Waals surface area contributed by atoms with Gasteiger partial charge in [0, 0.05) is 12.1 Å². The number of para-hydroxylation sites is 1. The third-order valence-electron chi connectivity index (χ3n) is 2.79. The Morgan fingerprint density at radius 2 is 1.68 bits per heavy atom. The highest BCUT2D eigenvalue weighted by atomic mass is 16.5. The third kappa shape index (κ3) is 3.91. The first-order valence-corrected chi connectivity index (χ1v) is 6.48. The molecule has 2 N–H and O–H groups in total. The van der Waals surface area contributed by atoms with Crippen molar-refractivity contribution in [2.45, 2.75) is 13.3 Å². The van der Waals surface area contributed by atoms with Gasteiger partial charge in [-0.15, -0.1) is 0 Å². The van der Waals surface area contributed by atoms with Crippen LogP contribution in [0.2, 0.25) is 0 Å². The first kappa shape index (κ1) is 13.3. The summed E-state index contributed by atoms with van der Waals surface area (Å²) in [5.41, 5.74) is 7.54. The van der Waals surface area contributed by atoms with Crippen LogP contribution in [0.15, 0.2) is 48.5 Å². The Morgan fingerprint density at radius 3 is 2.42 bits per heavy atom. The van der Waals surface area contributed by atoms with Crippen molar-refractivity contribution in [1.29, 1.82) is 0 Å². The molecule has 0 heterocycles. The summed E-state index contributed by atoms with van der Waals surface area (Å²) in [6, 6.07) is 15.5. The summed E-state index contributed by atoms with van der Waals surface area (Å²) in [4.78, 5) is 0. The molecule has 0 bridgehead atoms. The number of hydrogen-bond donors (Lipinski definition) is 1. The molecule has 2 aromatic carbocycles. The van der Waals surface area contributed by atoms with Crippen molar-refractivity contribution >= 4 is 5.69 Å². The van der Waals surface area contributed by atoms with Gasteiger partial charge in [-0.1, -0.05) is 18.2 Å². The van der Waals surface area contributed by atoms with Crippen LogP contribution in [-0.2, 0) is 6.42 Å². The van der Waals surface area contributed by atoms with Gasteiger partial charge in [0.05, 0.1) is 13.2 Å². The summed E-state index contributed by atoms with van der Waals surface area (Å²) in [7, 11) is 0. The molecular formula is C16H19NO2. The molecule has 0 saturated heterocycles. The predicted octanol–water partition coefficient (Wildman–Crippen LogP) is 3.29. The van der Waals surface area contributed by atoms with Gasteiger partial charge in [0.15, 0.2) is 0 Å². The molecule has 0 aromatic heterocycles. The highest BCUT2D eigenvalue weighted by Gasteiger charge is 2.02. The molecule has 2 aromatic rings. The molecule has 0 aliphatic heterocycles. The van der Waals surface area contributed by atoms with Gasteiger partial charge >= 0.3 is 0 Å². The van der Waals surface area contributed by atoms with Gasteiger partial charge in [0.25, 0.3) is 0 Å². The number of nitrogens with two attached hydrogens (primary N) is 1. The standard InChI is InChI=1S/C16H19NO2/c1-2-18-16-6-4-3-5-13(16)11-12-19-15-9-7-14(17)8-10-15/h3-10H,2,11-12,17H2,1H3. The summed E-state index contributed by atoms with van der Waals surface area (Å²) in [6.07, 6.45) is 0.820. The zero-order valence-electron chi connectivity index (χ0n) is 11.1. The van der Waals surface area contributed by atoms with Crippen molar-refractivity contribution in [2.24, 2.45) is 0 Å². The Morgan fingerprint density at radius 1 is 0.947 bits per heavy atom. The maximum absolute atomic E-state index is 5.69. The average Bonchev–Trinajstić information content (AvgIpc) is 2.43. The zero-order chi connectivity index (χ0) is 13.5. The molecule has 3 heteroatoms. The van der Waals surface area contributed by atoms with E-state index in [0.717, 1.165) is 23.6 Å². The predicted molar refractivity (Wildman–Crippen MR) is 77.7 cm³/mol. The van der Waals surface area contributed by atoms with Gasteiger partial charge in [-0.05, 0) is 42.8 Å². The summed E-state index contributed by atoms with van der Waals surface area (Å²) >= 11 is 0. The molecule has 0 fully saturated rings. The minimum absolute atomic E-state index is 0.619. The Bertz CT molecular complexity index is 508. The van der Waals surface area contributed by atoms with Gasteiger partial charge < -0.3 is 15.2 Å². The Hall–Kier alpha value is -2.16. The Balaban J connectivity index is 1.90. The van der Waals surface area contributed by atoms with E-state index in [4.69, 9.17) is 15.2 Å². The summed E-state index contributed by atoms with van der Waals surface area (Å²) in [5, 5.41) is 0. The number of benzene rings is 2. The Labute approximate surface area is 114 Å². The van der Waals surface area contributed by atoms with Gasteiger partial charge in [0.1, 0.15) is 11.5 Å². The summed E-state index contributed by atoms with van der Waals surface area (Å²) in [6.45, 7) is 3.28. The topological polar surface area (TPSA) is 44.5 Å². The van der Waals surface area contributed by atoms with Gasteiger partial charge in [-0.2, -0.15) is 0 Å². The lowest BCUT2D eigenvalue weighted by molar-refractivity contribution is 0.310.